The molecular weight excluding hydrogens is 312 g/mol. The summed E-state index contributed by atoms with van der Waals surface area (Å²) in [5.74, 6) is 3.32. The van der Waals surface area contributed by atoms with Crippen molar-refractivity contribution in [1.82, 2.24) is 25.4 Å². The Kier molecular flexibility index (Phi) is 5.68. The number of benzene rings is 1. The summed E-state index contributed by atoms with van der Waals surface area (Å²) in [6.45, 7) is 6.86. The van der Waals surface area contributed by atoms with E-state index in [1.165, 1.54) is 24.0 Å². The second-order valence-electron chi connectivity index (χ2n) is 6.76. The van der Waals surface area contributed by atoms with Crippen molar-refractivity contribution in [3.8, 4) is 0 Å². The largest absolute Gasteiger partial charge is 0.356 e. The van der Waals surface area contributed by atoms with Crippen LogP contribution in [0.2, 0.25) is 0 Å². The second-order valence-corrected chi connectivity index (χ2v) is 6.76. The predicted molar refractivity (Wildman–Crippen MR) is 101 cm³/mol. The van der Waals surface area contributed by atoms with E-state index < -0.39 is 0 Å². The molecule has 0 amide bonds. The van der Waals surface area contributed by atoms with Crippen LogP contribution in [0.15, 0.2) is 29.3 Å². The highest BCUT2D eigenvalue weighted by Gasteiger charge is 2.15. The van der Waals surface area contributed by atoms with Crippen molar-refractivity contribution in [3.05, 3.63) is 47.0 Å². The monoisotopic (exact) mass is 340 g/mol. The van der Waals surface area contributed by atoms with Gasteiger partial charge in [-0.15, -0.1) is 10.2 Å². The summed E-state index contributed by atoms with van der Waals surface area (Å²) >= 11 is 0. The molecule has 3 rings (SSSR count). The zero-order valence-corrected chi connectivity index (χ0v) is 15.4. The van der Waals surface area contributed by atoms with Gasteiger partial charge in [0.1, 0.15) is 5.82 Å². The molecule has 0 fully saturated rings. The number of nitrogens with zero attached hydrogens (tertiary/aromatic N) is 4. The lowest BCUT2D eigenvalue weighted by molar-refractivity contribution is 0.504. The average Bonchev–Trinajstić information content (AvgIpc) is 3.05. The fraction of sp³-hybridized carbons (Fsp3) is 0.526. The molecule has 0 bridgehead atoms. The van der Waals surface area contributed by atoms with Crippen molar-refractivity contribution in [2.45, 2.75) is 52.1 Å². The molecule has 6 heteroatoms. The van der Waals surface area contributed by atoms with Gasteiger partial charge in [-0.2, -0.15) is 0 Å². The summed E-state index contributed by atoms with van der Waals surface area (Å²) in [5.41, 5.74) is 2.64. The van der Waals surface area contributed by atoms with Gasteiger partial charge < -0.3 is 15.2 Å². The number of fused-ring (bicyclic) bond motifs is 1. The summed E-state index contributed by atoms with van der Waals surface area (Å²) < 4.78 is 2.24. The van der Waals surface area contributed by atoms with E-state index in [2.05, 4.69) is 68.5 Å². The quantitative estimate of drug-likeness (QED) is 0.648. The molecule has 0 aliphatic carbocycles. The van der Waals surface area contributed by atoms with E-state index in [1.54, 1.807) is 7.05 Å². The number of nitrogens with one attached hydrogen (secondary N) is 2. The number of guanidine groups is 1. The first-order valence-corrected chi connectivity index (χ1v) is 9.09. The first-order chi connectivity index (χ1) is 12.2. The third kappa shape index (κ3) is 4.38. The van der Waals surface area contributed by atoms with Gasteiger partial charge >= 0.3 is 0 Å². The van der Waals surface area contributed by atoms with Crippen molar-refractivity contribution in [3.63, 3.8) is 0 Å². The molecule has 0 radical (unpaired) electrons. The van der Waals surface area contributed by atoms with Crippen LogP contribution < -0.4 is 10.6 Å². The summed E-state index contributed by atoms with van der Waals surface area (Å²) in [4.78, 5) is 4.32. The average molecular weight is 340 g/mol. The van der Waals surface area contributed by atoms with E-state index in [0.717, 1.165) is 37.1 Å². The van der Waals surface area contributed by atoms with E-state index in [-0.39, 0.29) is 0 Å². The molecular formula is C19H28N6. The zero-order valence-electron chi connectivity index (χ0n) is 15.4. The molecule has 6 nitrogen and oxygen atoms in total. The first kappa shape index (κ1) is 17.5. The molecule has 1 aliphatic rings. The maximum absolute atomic E-state index is 4.32. The van der Waals surface area contributed by atoms with Crippen LogP contribution in [0.5, 0.6) is 0 Å². The van der Waals surface area contributed by atoms with Crippen LogP contribution in [0.25, 0.3) is 0 Å². The summed E-state index contributed by atoms with van der Waals surface area (Å²) in [6.07, 6.45) is 3.46. The van der Waals surface area contributed by atoms with Gasteiger partial charge in [-0.3, -0.25) is 4.99 Å². The van der Waals surface area contributed by atoms with Crippen LogP contribution in [0.3, 0.4) is 0 Å². The highest BCUT2D eigenvalue weighted by Crippen LogP contribution is 2.16. The van der Waals surface area contributed by atoms with Gasteiger partial charge in [-0.05, 0) is 31.2 Å². The maximum Gasteiger partial charge on any atom is 0.191 e. The molecule has 1 aromatic carbocycles. The third-order valence-electron chi connectivity index (χ3n) is 4.76. The van der Waals surface area contributed by atoms with Gasteiger partial charge in [0.25, 0.3) is 0 Å². The summed E-state index contributed by atoms with van der Waals surface area (Å²) in [6, 6.07) is 8.66. The topological polar surface area (TPSA) is 67.1 Å². The Bertz CT molecular complexity index is 733. The van der Waals surface area contributed by atoms with Crippen LogP contribution >= 0.6 is 0 Å². The van der Waals surface area contributed by atoms with E-state index >= 15 is 0 Å². The third-order valence-corrected chi connectivity index (χ3v) is 4.76. The van der Waals surface area contributed by atoms with E-state index in [0.29, 0.717) is 12.5 Å². The summed E-state index contributed by atoms with van der Waals surface area (Å²) in [7, 11) is 1.80. The molecule has 134 valence electrons. The molecule has 0 spiro atoms. The number of hydrogen-bond acceptors (Lipinski definition) is 3. The Morgan fingerprint density at radius 3 is 2.96 bits per heavy atom. The maximum atomic E-state index is 4.32. The number of hydrogen-bond donors (Lipinski definition) is 2. The standard InChI is InChI=1S/C19H28N6/c1-14-7-6-8-16(11-14)15(2)12-21-19(20-3)22-13-18-24-23-17-9-4-5-10-25(17)18/h6-8,11,15H,4-5,9-10,12-13H2,1-3H3,(H2,20,21,22). The van der Waals surface area contributed by atoms with E-state index in [9.17, 15) is 0 Å². The van der Waals surface area contributed by atoms with Crippen molar-refractivity contribution in [2.75, 3.05) is 13.6 Å². The van der Waals surface area contributed by atoms with Crippen molar-refractivity contribution < 1.29 is 0 Å². The Morgan fingerprint density at radius 2 is 2.16 bits per heavy atom. The van der Waals surface area contributed by atoms with Crippen molar-refractivity contribution in [2.24, 2.45) is 4.99 Å². The normalized spacial score (nSPS) is 15.6. The van der Waals surface area contributed by atoms with Crippen LogP contribution in [0, 0.1) is 6.92 Å². The lowest BCUT2D eigenvalue weighted by Gasteiger charge is -2.18. The number of aromatic nitrogens is 3. The number of aryl methyl sites for hydroxylation is 2. The van der Waals surface area contributed by atoms with Crippen molar-refractivity contribution >= 4 is 5.96 Å². The zero-order chi connectivity index (χ0) is 17.6. The van der Waals surface area contributed by atoms with E-state index in [1.807, 2.05) is 0 Å². The Balaban J connectivity index is 1.52. The molecule has 1 unspecified atom stereocenters. The molecule has 2 heterocycles. The van der Waals surface area contributed by atoms with E-state index in [4.69, 9.17) is 0 Å². The van der Waals surface area contributed by atoms with Crippen molar-refractivity contribution in [1.29, 1.82) is 0 Å². The molecule has 25 heavy (non-hydrogen) atoms. The van der Waals surface area contributed by atoms with Gasteiger partial charge in [0.15, 0.2) is 11.8 Å². The number of rotatable bonds is 5. The highest BCUT2D eigenvalue weighted by atomic mass is 15.3. The minimum atomic E-state index is 0.416. The highest BCUT2D eigenvalue weighted by molar-refractivity contribution is 5.79. The molecule has 1 aromatic heterocycles. The Labute approximate surface area is 149 Å². The molecule has 1 aliphatic heterocycles. The molecule has 0 saturated carbocycles. The second kappa shape index (κ2) is 8.14. The van der Waals surface area contributed by atoms with Crippen LogP contribution in [-0.2, 0) is 19.5 Å². The fourth-order valence-corrected chi connectivity index (χ4v) is 3.23. The van der Waals surface area contributed by atoms with Gasteiger partial charge in [0.2, 0.25) is 0 Å². The van der Waals surface area contributed by atoms with Gasteiger partial charge in [0, 0.05) is 26.6 Å². The summed E-state index contributed by atoms with van der Waals surface area (Å²) in [5, 5.41) is 15.4. The molecule has 1 atom stereocenters. The lowest BCUT2D eigenvalue weighted by Crippen LogP contribution is -2.39. The van der Waals surface area contributed by atoms with Crippen LogP contribution in [-0.4, -0.2) is 34.3 Å². The smallest absolute Gasteiger partial charge is 0.191 e. The number of aliphatic imine (C=N–C) groups is 1. The fourth-order valence-electron chi connectivity index (χ4n) is 3.23. The van der Waals surface area contributed by atoms with Crippen LogP contribution in [0.1, 0.15) is 48.5 Å². The molecule has 2 aromatic rings. The molecule has 0 saturated heterocycles. The van der Waals surface area contributed by atoms with Gasteiger partial charge in [-0.25, -0.2) is 0 Å². The Morgan fingerprint density at radius 1 is 1.28 bits per heavy atom. The molecule has 2 N–H and O–H groups in total. The minimum absolute atomic E-state index is 0.416. The minimum Gasteiger partial charge on any atom is -0.356 e. The van der Waals surface area contributed by atoms with Crippen LogP contribution in [0.4, 0.5) is 0 Å². The predicted octanol–water partition coefficient (Wildman–Crippen LogP) is 2.39. The SMILES string of the molecule is CN=C(NCc1nnc2n1CCCC2)NCC(C)c1cccc(C)c1. The lowest BCUT2D eigenvalue weighted by atomic mass is 9.99. The first-order valence-electron chi connectivity index (χ1n) is 9.09. The van der Waals surface area contributed by atoms with Gasteiger partial charge in [-0.1, -0.05) is 36.8 Å². The van der Waals surface area contributed by atoms with Gasteiger partial charge in [0.05, 0.1) is 6.54 Å². The Hall–Kier alpha value is -2.37.